The molecule has 1 fully saturated rings. The number of anilines is 1. The molecule has 2 N–H and O–H groups in total. The second-order valence-electron chi connectivity index (χ2n) is 5.16. The van der Waals surface area contributed by atoms with Crippen LogP contribution in [0, 0.1) is 23.0 Å². The van der Waals surface area contributed by atoms with Crippen LogP contribution in [-0.2, 0) is 0 Å². The number of nitrogens with zero attached hydrogens (tertiary/aromatic N) is 2. The Bertz CT molecular complexity index is 462. The van der Waals surface area contributed by atoms with Gasteiger partial charge in [0.15, 0.2) is 0 Å². The Kier molecular flexibility index (Phi) is 3.52. The molecule has 0 spiro atoms. The van der Waals surface area contributed by atoms with Crippen molar-refractivity contribution in [1.29, 1.82) is 0 Å². The molecule has 1 aromatic carbocycles. The van der Waals surface area contributed by atoms with Crippen molar-refractivity contribution in [1.82, 2.24) is 0 Å². The molecule has 1 heterocycles. The summed E-state index contributed by atoms with van der Waals surface area (Å²) in [4.78, 5) is 12.7. The molecular formula is C13H19N3O2. The van der Waals surface area contributed by atoms with Gasteiger partial charge in [0.1, 0.15) is 0 Å². The molecule has 0 saturated carbocycles. The van der Waals surface area contributed by atoms with E-state index in [1.165, 1.54) is 0 Å². The van der Waals surface area contributed by atoms with Crippen LogP contribution < -0.4 is 10.6 Å². The maximum atomic E-state index is 10.9. The molecular weight excluding hydrogens is 230 g/mol. The molecule has 1 aromatic rings. The lowest BCUT2D eigenvalue weighted by molar-refractivity contribution is -0.384. The van der Waals surface area contributed by atoms with Gasteiger partial charge in [0.25, 0.3) is 5.69 Å². The molecule has 1 saturated heterocycles. The van der Waals surface area contributed by atoms with Crippen LogP contribution in [0.5, 0.6) is 0 Å². The van der Waals surface area contributed by atoms with E-state index in [0.717, 1.165) is 30.8 Å². The summed E-state index contributed by atoms with van der Waals surface area (Å²) in [5.41, 5.74) is 8.03. The van der Waals surface area contributed by atoms with E-state index in [1.54, 1.807) is 12.1 Å². The molecule has 0 aromatic heterocycles. The highest BCUT2D eigenvalue weighted by molar-refractivity contribution is 5.56. The van der Waals surface area contributed by atoms with E-state index in [1.807, 2.05) is 13.0 Å². The summed E-state index contributed by atoms with van der Waals surface area (Å²) in [6.07, 6.45) is 1.03. The first kappa shape index (κ1) is 12.8. The van der Waals surface area contributed by atoms with Gasteiger partial charge in [0.05, 0.1) is 4.92 Å². The van der Waals surface area contributed by atoms with Crippen molar-refractivity contribution in [2.24, 2.45) is 11.7 Å². The van der Waals surface area contributed by atoms with Gasteiger partial charge in [0.2, 0.25) is 0 Å². The molecule has 18 heavy (non-hydrogen) atoms. The predicted molar refractivity (Wildman–Crippen MR) is 71.8 cm³/mol. The lowest BCUT2D eigenvalue weighted by Gasteiger charge is -2.36. The summed E-state index contributed by atoms with van der Waals surface area (Å²) in [5.74, 6) is 0.515. The van der Waals surface area contributed by atoms with Crippen molar-refractivity contribution >= 4 is 11.4 Å². The van der Waals surface area contributed by atoms with Crippen molar-refractivity contribution in [2.75, 3.05) is 18.0 Å². The van der Waals surface area contributed by atoms with Gasteiger partial charge in [-0.1, -0.05) is 6.92 Å². The zero-order valence-electron chi connectivity index (χ0n) is 10.8. The number of nitro benzene ring substituents is 1. The topological polar surface area (TPSA) is 72.4 Å². The SMILES string of the molecule is Cc1cc(N2CCC(C)C(N)C2)cc([N+](=O)[O-])c1. The Labute approximate surface area is 107 Å². The molecule has 2 unspecified atom stereocenters. The Hall–Kier alpha value is -1.62. The summed E-state index contributed by atoms with van der Waals surface area (Å²) in [6.45, 7) is 5.71. The highest BCUT2D eigenvalue weighted by Gasteiger charge is 2.24. The second kappa shape index (κ2) is 4.94. The van der Waals surface area contributed by atoms with Crippen LogP contribution in [-0.4, -0.2) is 24.1 Å². The van der Waals surface area contributed by atoms with Crippen LogP contribution in [0.4, 0.5) is 11.4 Å². The van der Waals surface area contributed by atoms with Gasteiger partial charge in [-0.15, -0.1) is 0 Å². The van der Waals surface area contributed by atoms with Gasteiger partial charge >= 0.3 is 0 Å². The Balaban J connectivity index is 2.25. The average molecular weight is 249 g/mol. The van der Waals surface area contributed by atoms with E-state index in [4.69, 9.17) is 5.73 Å². The molecule has 1 aliphatic heterocycles. The number of nitro groups is 1. The van der Waals surface area contributed by atoms with Crippen molar-refractivity contribution in [2.45, 2.75) is 26.3 Å². The Morgan fingerprint density at radius 1 is 1.44 bits per heavy atom. The molecule has 98 valence electrons. The third kappa shape index (κ3) is 2.61. The molecule has 2 rings (SSSR count). The minimum absolute atomic E-state index is 0.137. The summed E-state index contributed by atoms with van der Waals surface area (Å²) in [6, 6.07) is 5.35. The van der Waals surface area contributed by atoms with E-state index in [9.17, 15) is 10.1 Å². The summed E-state index contributed by atoms with van der Waals surface area (Å²) >= 11 is 0. The van der Waals surface area contributed by atoms with E-state index in [2.05, 4.69) is 11.8 Å². The number of piperidine rings is 1. The van der Waals surface area contributed by atoms with Gasteiger partial charge in [-0.3, -0.25) is 10.1 Å². The number of rotatable bonds is 2. The molecule has 5 heteroatoms. The zero-order chi connectivity index (χ0) is 13.3. The lowest BCUT2D eigenvalue weighted by atomic mass is 9.94. The number of benzene rings is 1. The fraction of sp³-hybridized carbons (Fsp3) is 0.538. The number of non-ortho nitro benzene ring substituents is 1. The highest BCUT2D eigenvalue weighted by atomic mass is 16.6. The van der Waals surface area contributed by atoms with Gasteiger partial charge < -0.3 is 10.6 Å². The first-order valence-corrected chi connectivity index (χ1v) is 6.24. The first-order valence-electron chi connectivity index (χ1n) is 6.24. The second-order valence-corrected chi connectivity index (χ2v) is 5.16. The Morgan fingerprint density at radius 3 is 2.78 bits per heavy atom. The number of aryl methyl sites for hydroxylation is 1. The minimum atomic E-state index is -0.344. The van der Waals surface area contributed by atoms with Gasteiger partial charge in [0, 0.05) is 37.0 Å². The highest BCUT2D eigenvalue weighted by Crippen LogP contribution is 2.27. The minimum Gasteiger partial charge on any atom is -0.370 e. The molecule has 0 bridgehead atoms. The average Bonchev–Trinajstić information content (AvgIpc) is 2.31. The molecule has 1 aliphatic rings. The van der Waals surface area contributed by atoms with E-state index >= 15 is 0 Å². The molecule has 2 atom stereocenters. The first-order chi connectivity index (χ1) is 8.47. The largest absolute Gasteiger partial charge is 0.370 e. The van der Waals surface area contributed by atoms with Crippen LogP contribution in [0.3, 0.4) is 0 Å². The van der Waals surface area contributed by atoms with Crippen LogP contribution in [0.2, 0.25) is 0 Å². The zero-order valence-corrected chi connectivity index (χ0v) is 10.8. The summed E-state index contributed by atoms with van der Waals surface area (Å²) in [5, 5.41) is 10.9. The smallest absolute Gasteiger partial charge is 0.271 e. The summed E-state index contributed by atoms with van der Waals surface area (Å²) < 4.78 is 0. The van der Waals surface area contributed by atoms with E-state index < -0.39 is 0 Å². The predicted octanol–water partition coefficient (Wildman–Crippen LogP) is 2.08. The van der Waals surface area contributed by atoms with Crippen molar-refractivity contribution in [3.05, 3.63) is 33.9 Å². The van der Waals surface area contributed by atoms with Crippen molar-refractivity contribution in [3.8, 4) is 0 Å². The van der Waals surface area contributed by atoms with Crippen LogP contribution >= 0.6 is 0 Å². The summed E-state index contributed by atoms with van der Waals surface area (Å²) in [7, 11) is 0. The third-order valence-electron chi connectivity index (χ3n) is 3.64. The quantitative estimate of drug-likeness (QED) is 0.643. The maximum Gasteiger partial charge on any atom is 0.271 e. The number of hydrogen-bond donors (Lipinski definition) is 1. The standard InChI is InChI=1S/C13H19N3O2/c1-9-5-11(7-12(6-9)16(17)18)15-4-3-10(2)13(14)8-15/h5-7,10,13H,3-4,8,14H2,1-2H3. The van der Waals surface area contributed by atoms with Crippen LogP contribution in [0.15, 0.2) is 18.2 Å². The fourth-order valence-electron chi connectivity index (χ4n) is 2.36. The third-order valence-corrected chi connectivity index (χ3v) is 3.64. The van der Waals surface area contributed by atoms with Crippen molar-refractivity contribution < 1.29 is 4.92 Å². The molecule has 0 amide bonds. The van der Waals surface area contributed by atoms with E-state index in [-0.39, 0.29) is 16.7 Å². The molecule has 0 aliphatic carbocycles. The maximum absolute atomic E-state index is 10.9. The molecule has 5 nitrogen and oxygen atoms in total. The normalized spacial score (nSPS) is 24.1. The fourth-order valence-corrected chi connectivity index (χ4v) is 2.36. The van der Waals surface area contributed by atoms with Gasteiger partial charge in [-0.25, -0.2) is 0 Å². The van der Waals surface area contributed by atoms with Gasteiger partial charge in [-0.05, 0) is 30.9 Å². The number of hydrogen-bond acceptors (Lipinski definition) is 4. The van der Waals surface area contributed by atoms with Crippen LogP contribution in [0.25, 0.3) is 0 Å². The lowest BCUT2D eigenvalue weighted by Crippen LogP contribution is -2.47. The monoisotopic (exact) mass is 249 g/mol. The van der Waals surface area contributed by atoms with Crippen molar-refractivity contribution in [3.63, 3.8) is 0 Å². The number of nitrogens with two attached hydrogens (primary N) is 1. The molecule has 0 radical (unpaired) electrons. The van der Waals surface area contributed by atoms with Crippen LogP contribution in [0.1, 0.15) is 18.9 Å². The van der Waals surface area contributed by atoms with E-state index in [0.29, 0.717) is 5.92 Å². The van der Waals surface area contributed by atoms with Gasteiger partial charge in [-0.2, -0.15) is 0 Å². The Morgan fingerprint density at radius 2 is 2.17 bits per heavy atom.